The summed E-state index contributed by atoms with van der Waals surface area (Å²) in [4.78, 5) is 3.68. The zero-order valence-electron chi connectivity index (χ0n) is 4.09. The van der Waals surface area contributed by atoms with Gasteiger partial charge in [-0.3, -0.25) is 0 Å². The summed E-state index contributed by atoms with van der Waals surface area (Å²) in [7, 11) is 0. The van der Waals surface area contributed by atoms with Gasteiger partial charge >= 0.3 is 0 Å². The van der Waals surface area contributed by atoms with Crippen molar-refractivity contribution in [1.82, 2.24) is 0 Å². The van der Waals surface area contributed by atoms with Gasteiger partial charge in [0.2, 0.25) is 0 Å². The number of hydrogen-bond donors (Lipinski definition) is 0. The van der Waals surface area contributed by atoms with Crippen molar-refractivity contribution >= 4 is 17.4 Å². The average Bonchev–Trinajstić information content (AvgIpc) is 2.19. The lowest BCUT2D eigenvalue weighted by Gasteiger charge is -1.73. The predicted octanol–water partition coefficient (Wildman–Crippen LogP) is 1.70. The molecule has 0 aliphatic heterocycles. The Morgan fingerprint density at radius 1 is 1.75 bits per heavy atom. The van der Waals surface area contributed by atoms with Crippen molar-refractivity contribution < 1.29 is 0 Å². The molecule has 8 heavy (non-hydrogen) atoms. The molecule has 38 valence electrons. The first kappa shape index (κ1) is 5.20. The summed E-state index contributed by atoms with van der Waals surface area (Å²) >= 11 is 4.36. The Morgan fingerprint density at radius 2 is 2.62 bits per heavy atom. The maximum atomic E-state index is 4.36. The molecule has 0 spiro atoms. The van der Waals surface area contributed by atoms with Crippen LogP contribution in [0, 0.1) is 0 Å². The van der Waals surface area contributed by atoms with Crippen molar-refractivity contribution in [2.45, 2.75) is 0 Å². The number of allylic oxidation sites excluding steroid dienone is 2. The molecule has 0 fully saturated rings. The molecule has 0 saturated heterocycles. The van der Waals surface area contributed by atoms with Gasteiger partial charge in [0.25, 0.3) is 0 Å². The number of isothiocyanates is 1. The van der Waals surface area contributed by atoms with Gasteiger partial charge in [0.1, 0.15) is 5.70 Å². The minimum Gasteiger partial charge on any atom is -0.186 e. The van der Waals surface area contributed by atoms with E-state index >= 15 is 0 Å². The van der Waals surface area contributed by atoms with Crippen LogP contribution in [0.2, 0.25) is 0 Å². The van der Waals surface area contributed by atoms with Gasteiger partial charge in [-0.25, -0.2) is 0 Å². The average molecular weight is 121 g/mol. The summed E-state index contributed by atoms with van der Waals surface area (Å²) in [6.45, 7) is 0. The minimum absolute atomic E-state index is 0.750. The number of rotatable bonds is 1. The highest BCUT2D eigenvalue weighted by atomic mass is 32.1. The molecule has 0 heterocycles. The number of thiocarbonyl (C=S) groups is 1. The predicted molar refractivity (Wildman–Crippen MR) is 35.8 cm³/mol. The number of nitrogens with zero attached hydrogens (tertiary/aromatic N) is 1. The van der Waals surface area contributed by atoms with E-state index in [1.807, 2.05) is 12.2 Å². The molecule has 0 unspecified atom stereocenters. The van der Waals surface area contributed by atoms with E-state index in [4.69, 9.17) is 0 Å². The smallest absolute Gasteiger partial charge is 0.116 e. The monoisotopic (exact) mass is 121 g/mol. The SMILES string of the molecule is S=C=NC1=C=CC=C1. The summed E-state index contributed by atoms with van der Waals surface area (Å²) in [5.41, 5.74) is 3.59. The van der Waals surface area contributed by atoms with Crippen LogP contribution in [0.15, 0.2) is 34.6 Å². The fourth-order valence-corrected chi connectivity index (χ4v) is 0.538. The molecule has 0 aromatic carbocycles. The highest BCUT2D eigenvalue weighted by molar-refractivity contribution is 7.78. The van der Waals surface area contributed by atoms with Crippen molar-refractivity contribution in [3.05, 3.63) is 29.7 Å². The summed E-state index contributed by atoms with van der Waals surface area (Å²) in [6, 6.07) is 0. The van der Waals surface area contributed by atoms with E-state index in [1.54, 1.807) is 6.08 Å². The van der Waals surface area contributed by atoms with E-state index in [9.17, 15) is 0 Å². The van der Waals surface area contributed by atoms with E-state index in [0.717, 1.165) is 5.70 Å². The van der Waals surface area contributed by atoms with Crippen molar-refractivity contribution in [1.29, 1.82) is 0 Å². The van der Waals surface area contributed by atoms with E-state index in [1.165, 1.54) is 0 Å². The molecule has 1 nitrogen and oxygen atoms in total. The van der Waals surface area contributed by atoms with Crippen LogP contribution < -0.4 is 0 Å². The van der Waals surface area contributed by atoms with Crippen molar-refractivity contribution in [2.75, 3.05) is 0 Å². The van der Waals surface area contributed by atoms with E-state index in [2.05, 4.69) is 28.1 Å². The molecule has 0 radical (unpaired) electrons. The number of aliphatic imine (C=N–C) groups is 1. The molecule has 0 saturated carbocycles. The molecule has 0 aromatic heterocycles. The third-order valence-corrected chi connectivity index (χ3v) is 0.839. The van der Waals surface area contributed by atoms with Gasteiger partial charge in [0.15, 0.2) is 0 Å². The highest BCUT2D eigenvalue weighted by Crippen LogP contribution is 2.00. The lowest BCUT2D eigenvalue weighted by atomic mass is 10.5. The summed E-state index contributed by atoms with van der Waals surface area (Å²) in [6.07, 6.45) is 5.45. The van der Waals surface area contributed by atoms with E-state index < -0.39 is 0 Å². The van der Waals surface area contributed by atoms with Gasteiger partial charge < -0.3 is 0 Å². The Hall–Kier alpha value is -0.940. The van der Waals surface area contributed by atoms with E-state index in [-0.39, 0.29) is 0 Å². The Morgan fingerprint density at radius 3 is 3.12 bits per heavy atom. The van der Waals surface area contributed by atoms with Crippen molar-refractivity contribution in [2.24, 2.45) is 4.99 Å². The molecular formula is C6H3NS. The molecule has 0 atom stereocenters. The van der Waals surface area contributed by atoms with Crippen LogP contribution >= 0.6 is 12.2 Å². The van der Waals surface area contributed by atoms with Crippen LogP contribution in [0.5, 0.6) is 0 Å². The van der Waals surface area contributed by atoms with Gasteiger partial charge in [0.05, 0.1) is 5.16 Å². The zero-order valence-corrected chi connectivity index (χ0v) is 4.90. The molecule has 2 heteroatoms. The van der Waals surface area contributed by atoms with Crippen LogP contribution in [-0.2, 0) is 0 Å². The lowest BCUT2D eigenvalue weighted by Crippen LogP contribution is -1.58. The lowest BCUT2D eigenvalue weighted by molar-refractivity contribution is 1.47. The topological polar surface area (TPSA) is 12.4 Å². The van der Waals surface area contributed by atoms with Gasteiger partial charge in [-0.1, -0.05) is 11.8 Å². The Balaban J connectivity index is 2.90. The fraction of sp³-hybridized carbons (Fsp3) is 0. The molecular weight excluding hydrogens is 118 g/mol. The minimum atomic E-state index is 0.750. The molecule has 0 amide bonds. The molecule has 1 aliphatic carbocycles. The quantitative estimate of drug-likeness (QED) is 0.292. The maximum Gasteiger partial charge on any atom is 0.116 e. The summed E-state index contributed by atoms with van der Waals surface area (Å²) < 4.78 is 0. The number of hydrogen-bond acceptors (Lipinski definition) is 2. The summed E-state index contributed by atoms with van der Waals surface area (Å²) in [5, 5.41) is 2.25. The first-order valence-electron chi connectivity index (χ1n) is 2.15. The highest BCUT2D eigenvalue weighted by Gasteiger charge is 1.84. The Bertz CT molecular complexity index is 225. The van der Waals surface area contributed by atoms with Crippen LogP contribution in [0.25, 0.3) is 0 Å². The standard InChI is InChI=1S/C6H3NS/c8-5-7-6-3-1-2-4-6/h1-3H. The van der Waals surface area contributed by atoms with Gasteiger partial charge in [-0.2, -0.15) is 4.99 Å². The normalized spacial score (nSPS) is 13.2. The van der Waals surface area contributed by atoms with E-state index in [0.29, 0.717) is 0 Å². The van der Waals surface area contributed by atoms with Crippen LogP contribution in [0.4, 0.5) is 0 Å². The molecule has 1 rings (SSSR count). The molecule has 0 aromatic rings. The summed E-state index contributed by atoms with van der Waals surface area (Å²) in [5.74, 6) is 0. The zero-order chi connectivity index (χ0) is 5.82. The van der Waals surface area contributed by atoms with Crippen LogP contribution in [0.3, 0.4) is 0 Å². The maximum absolute atomic E-state index is 4.36. The largest absolute Gasteiger partial charge is 0.186 e. The van der Waals surface area contributed by atoms with Crippen LogP contribution in [0.1, 0.15) is 0 Å². The van der Waals surface area contributed by atoms with Crippen molar-refractivity contribution in [3.8, 4) is 0 Å². The third-order valence-electron chi connectivity index (χ3n) is 0.748. The Kier molecular flexibility index (Phi) is 1.55. The van der Waals surface area contributed by atoms with Gasteiger partial charge in [-0.15, -0.1) is 0 Å². The molecule has 1 aliphatic rings. The molecule has 0 bridgehead atoms. The third kappa shape index (κ3) is 1.02. The fourth-order valence-electron chi connectivity index (χ4n) is 0.440. The van der Waals surface area contributed by atoms with Crippen LogP contribution in [-0.4, -0.2) is 5.16 Å². The van der Waals surface area contributed by atoms with Gasteiger partial charge in [0, 0.05) is 0 Å². The second-order valence-corrected chi connectivity index (χ2v) is 1.44. The first-order valence-corrected chi connectivity index (χ1v) is 2.55. The first-order chi connectivity index (χ1) is 3.93. The second kappa shape index (κ2) is 2.39. The second-order valence-electron chi connectivity index (χ2n) is 1.26. The van der Waals surface area contributed by atoms with Crippen molar-refractivity contribution in [3.63, 3.8) is 0 Å². The van der Waals surface area contributed by atoms with Gasteiger partial charge in [-0.05, 0) is 24.4 Å². The molecule has 0 N–H and O–H groups in total. The Labute approximate surface area is 52.7 Å².